The summed E-state index contributed by atoms with van der Waals surface area (Å²) in [6.45, 7) is 6.57. The Morgan fingerprint density at radius 3 is 2.44 bits per heavy atom. The molecule has 0 saturated carbocycles. The number of methoxy groups -OCH3 is 1. The number of ether oxygens (including phenoxy) is 1. The molecule has 0 fully saturated rings. The minimum absolute atomic E-state index is 0.0529. The van der Waals surface area contributed by atoms with Crippen molar-refractivity contribution in [3.63, 3.8) is 0 Å². The van der Waals surface area contributed by atoms with Crippen molar-refractivity contribution in [2.45, 2.75) is 38.5 Å². The number of hydrogen-bond acceptors (Lipinski definition) is 6. The monoisotopic (exact) mass is 501 g/mol. The van der Waals surface area contributed by atoms with E-state index in [1.807, 2.05) is 25.3 Å². The lowest BCUT2D eigenvalue weighted by molar-refractivity contribution is -0.113. The normalized spacial score (nSPS) is 11.8. The van der Waals surface area contributed by atoms with Crippen LogP contribution in [0.15, 0.2) is 53.7 Å². The van der Waals surface area contributed by atoms with Gasteiger partial charge in [0.1, 0.15) is 5.75 Å². The zero-order valence-corrected chi connectivity index (χ0v) is 21.1. The van der Waals surface area contributed by atoms with E-state index < -0.39 is 0 Å². The molecule has 3 rings (SSSR count). The molecule has 0 aliphatic rings. The molecule has 10 heteroatoms. The fourth-order valence-corrected chi connectivity index (χ4v) is 4.36. The van der Waals surface area contributed by atoms with E-state index in [0.29, 0.717) is 33.8 Å². The molecule has 180 valence electrons. The van der Waals surface area contributed by atoms with Crippen molar-refractivity contribution in [2.24, 2.45) is 5.92 Å². The summed E-state index contributed by atoms with van der Waals surface area (Å²) in [5, 5.41) is 15.5. The third kappa shape index (κ3) is 6.30. The SMILES string of the molecule is CCn1c(SCC(=O)Nc2ccc(OC)cc2)nnc1C(NC(=O)c1ccccc1Cl)C(C)C. The molecule has 0 aliphatic heterocycles. The molecular formula is C24H28ClN5O3S. The lowest BCUT2D eigenvalue weighted by Gasteiger charge is -2.22. The van der Waals surface area contributed by atoms with Crippen LogP contribution in [0, 0.1) is 5.92 Å². The van der Waals surface area contributed by atoms with Gasteiger partial charge in [0.05, 0.1) is 29.5 Å². The lowest BCUT2D eigenvalue weighted by atomic mass is 10.0. The number of hydrogen-bond donors (Lipinski definition) is 2. The van der Waals surface area contributed by atoms with Crippen molar-refractivity contribution >= 4 is 40.9 Å². The summed E-state index contributed by atoms with van der Waals surface area (Å²) >= 11 is 7.49. The molecule has 0 radical (unpaired) electrons. The number of carbonyl (C=O) groups is 2. The van der Waals surface area contributed by atoms with Crippen molar-refractivity contribution in [3.05, 3.63) is 64.9 Å². The number of anilines is 1. The van der Waals surface area contributed by atoms with E-state index >= 15 is 0 Å². The number of rotatable bonds is 10. The summed E-state index contributed by atoms with van der Waals surface area (Å²) in [5.74, 6) is 1.14. The summed E-state index contributed by atoms with van der Waals surface area (Å²) in [6.07, 6.45) is 0. The maximum atomic E-state index is 12.9. The fourth-order valence-electron chi connectivity index (χ4n) is 3.33. The van der Waals surface area contributed by atoms with E-state index in [1.54, 1.807) is 55.6 Å². The molecule has 0 saturated heterocycles. The minimum Gasteiger partial charge on any atom is -0.497 e. The fraction of sp³-hybridized carbons (Fsp3) is 0.333. The van der Waals surface area contributed by atoms with Crippen LogP contribution in [0.4, 0.5) is 5.69 Å². The zero-order valence-electron chi connectivity index (χ0n) is 19.5. The van der Waals surface area contributed by atoms with E-state index in [-0.39, 0.29) is 29.5 Å². The lowest BCUT2D eigenvalue weighted by Crippen LogP contribution is -2.34. The predicted octanol–water partition coefficient (Wildman–Crippen LogP) is 4.82. The number of nitrogens with one attached hydrogen (secondary N) is 2. The maximum absolute atomic E-state index is 12.9. The Hall–Kier alpha value is -3.04. The molecule has 1 heterocycles. The van der Waals surface area contributed by atoms with Crippen molar-refractivity contribution in [1.82, 2.24) is 20.1 Å². The number of aromatic nitrogens is 3. The van der Waals surface area contributed by atoms with E-state index in [2.05, 4.69) is 20.8 Å². The number of halogens is 1. The van der Waals surface area contributed by atoms with Crippen LogP contribution in [-0.4, -0.2) is 39.4 Å². The van der Waals surface area contributed by atoms with Crippen molar-refractivity contribution < 1.29 is 14.3 Å². The van der Waals surface area contributed by atoms with Crippen molar-refractivity contribution in [2.75, 3.05) is 18.2 Å². The molecule has 1 aromatic heterocycles. The quantitative estimate of drug-likeness (QED) is 0.386. The molecule has 2 amide bonds. The number of nitrogens with zero attached hydrogens (tertiary/aromatic N) is 3. The molecule has 3 aromatic rings. The summed E-state index contributed by atoms with van der Waals surface area (Å²) < 4.78 is 7.05. The molecule has 2 N–H and O–H groups in total. The highest BCUT2D eigenvalue weighted by Crippen LogP contribution is 2.26. The smallest absolute Gasteiger partial charge is 0.253 e. The predicted molar refractivity (Wildman–Crippen MR) is 135 cm³/mol. The van der Waals surface area contributed by atoms with Crippen LogP contribution in [0.3, 0.4) is 0 Å². The Kier molecular flexibility index (Phi) is 8.95. The molecule has 0 aliphatic carbocycles. The molecule has 0 spiro atoms. The van der Waals surface area contributed by atoms with Gasteiger partial charge in [-0.05, 0) is 49.2 Å². The maximum Gasteiger partial charge on any atom is 0.253 e. The first-order valence-electron chi connectivity index (χ1n) is 10.9. The summed E-state index contributed by atoms with van der Waals surface area (Å²) in [7, 11) is 1.59. The number of amides is 2. The van der Waals surface area contributed by atoms with Crippen molar-refractivity contribution in [3.8, 4) is 5.75 Å². The number of benzene rings is 2. The van der Waals surface area contributed by atoms with Gasteiger partial charge in [-0.15, -0.1) is 10.2 Å². The summed E-state index contributed by atoms with van der Waals surface area (Å²) in [6, 6.07) is 13.7. The first-order valence-corrected chi connectivity index (χ1v) is 12.3. The molecule has 1 atom stereocenters. The Morgan fingerprint density at radius 1 is 1.12 bits per heavy atom. The van der Waals surface area contributed by atoms with Gasteiger partial charge >= 0.3 is 0 Å². The minimum atomic E-state index is -0.376. The topological polar surface area (TPSA) is 98.1 Å². The summed E-state index contributed by atoms with van der Waals surface area (Å²) in [5.41, 5.74) is 1.09. The molecule has 1 unspecified atom stereocenters. The molecule has 34 heavy (non-hydrogen) atoms. The first kappa shape index (κ1) is 25.6. The van der Waals surface area contributed by atoms with Crippen molar-refractivity contribution in [1.29, 1.82) is 0 Å². The van der Waals surface area contributed by atoms with Gasteiger partial charge in [0.25, 0.3) is 5.91 Å². The van der Waals surface area contributed by atoms with E-state index in [0.717, 1.165) is 5.75 Å². The second kappa shape index (κ2) is 11.9. The van der Waals surface area contributed by atoms with Gasteiger partial charge in [-0.25, -0.2) is 0 Å². The van der Waals surface area contributed by atoms with Gasteiger partial charge in [0, 0.05) is 12.2 Å². The Labute approximate surface area is 208 Å². The molecule has 2 aromatic carbocycles. The van der Waals surface area contributed by atoms with E-state index in [9.17, 15) is 9.59 Å². The second-order valence-corrected chi connectivity index (χ2v) is 9.18. The zero-order chi connectivity index (χ0) is 24.7. The number of carbonyl (C=O) groups excluding carboxylic acids is 2. The van der Waals surface area contributed by atoms with Crippen LogP contribution in [0.1, 0.15) is 43.0 Å². The van der Waals surface area contributed by atoms with Crippen LogP contribution < -0.4 is 15.4 Å². The standard InChI is InChI=1S/C24H28ClN5O3S/c1-5-30-22(21(15(2)3)27-23(32)18-8-6-7-9-19(18)25)28-29-24(30)34-14-20(31)26-16-10-12-17(33-4)13-11-16/h6-13,15,21H,5,14H2,1-4H3,(H,26,31)(H,27,32). The highest BCUT2D eigenvalue weighted by molar-refractivity contribution is 7.99. The van der Waals surface area contributed by atoms with Gasteiger partial charge in [0.2, 0.25) is 5.91 Å². The van der Waals surface area contributed by atoms with E-state index in [4.69, 9.17) is 16.3 Å². The highest BCUT2D eigenvalue weighted by atomic mass is 35.5. The first-order chi connectivity index (χ1) is 16.3. The van der Waals surface area contributed by atoms with Gasteiger partial charge in [-0.2, -0.15) is 0 Å². The van der Waals surface area contributed by atoms with Crippen LogP contribution in [0.2, 0.25) is 5.02 Å². The average Bonchev–Trinajstić information content (AvgIpc) is 3.24. The van der Waals surface area contributed by atoms with Gasteiger partial charge in [-0.1, -0.05) is 49.3 Å². The average molecular weight is 502 g/mol. The Balaban J connectivity index is 1.70. The Morgan fingerprint density at radius 2 is 1.82 bits per heavy atom. The van der Waals surface area contributed by atoms with Crippen LogP contribution in [0.25, 0.3) is 0 Å². The second-order valence-electron chi connectivity index (χ2n) is 7.83. The molecular weight excluding hydrogens is 474 g/mol. The third-order valence-electron chi connectivity index (χ3n) is 5.12. The highest BCUT2D eigenvalue weighted by Gasteiger charge is 2.26. The van der Waals surface area contributed by atoms with Crippen LogP contribution >= 0.6 is 23.4 Å². The summed E-state index contributed by atoms with van der Waals surface area (Å²) in [4.78, 5) is 25.3. The molecule has 0 bridgehead atoms. The number of thioether (sulfide) groups is 1. The Bertz CT molecular complexity index is 1130. The van der Waals surface area contributed by atoms with Gasteiger partial charge in [-0.3, -0.25) is 9.59 Å². The van der Waals surface area contributed by atoms with E-state index in [1.165, 1.54) is 11.8 Å². The van der Waals surface area contributed by atoms with Crippen LogP contribution in [-0.2, 0) is 11.3 Å². The third-order valence-corrected chi connectivity index (χ3v) is 6.41. The van der Waals surface area contributed by atoms with Gasteiger partial charge in [0.15, 0.2) is 11.0 Å². The largest absolute Gasteiger partial charge is 0.497 e. The van der Waals surface area contributed by atoms with Gasteiger partial charge < -0.3 is 19.9 Å². The van der Waals surface area contributed by atoms with Crippen LogP contribution in [0.5, 0.6) is 5.75 Å². The molecule has 8 nitrogen and oxygen atoms in total.